The molecule has 0 rings (SSSR count). The van der Waals surface area contributed by atoms with E-state index in [0.717, 1.165) is 70.6 Å². The normalized spacial score (nSPS) is 12.1. The van der Waals surface area contributed by atoms with Crippen molar-refractivity contribution >= 4 is 17.9 Å². The van der Waals surface area contributed by atoms with Crippen molar-refractivity contribution in [3.8, 4) is 0 Å². The minimum absolute atomic E-state index is 0.0734. The molecule has 0 amide bonds. The van der Waals surface area contributed by atoms with Crippen LogP contribution in [0.15, 0.2) is 24.3 Å². The molecule has 364 valence electrons. The molecule has 0 fully saturated rings. The van der Waals surface area contributed by atoms with Crippen molar-refractivity contribution in [2.75, 3.05) is 13.2 Å². The summed E-state index contributed by atoms with van der Waals surface area (Å²) >= 11 is 0. The van der Waals surface area contributed by atoms with Crippen molar-refractivity contribution in [3.05, 3.63) is 24.3 Å². The molecule has 1 unspecified atom stereocenters. The summed E-state index contributed by atoms with van der Waals surface area (Å²) in [6.45, 7) is 6.61. The molecule has 0 radical (unpaired) electrons. The molecule has 0 aromatic heterocycles. The van der Waals surface area contributed by atoms with Gasteiger partial charge in [0.2, 0.25) is 0 Å². The molecule has 0 aromatic rings. The fourth-order valence-corrected chi connectivity index (χ4v) is 8.01. The van der Waals surface area contributed by atoms with Gasteiger partial charge in [-0.15, -0.1) is 0 Å². The molecule has 0 N–H and O–H groups in total. The zero-order chi connectivity index (χ0) is 45.1. The lowest BCUT2D eigenvalue weighted by atomic mass is 10.0. The van der Waals surface area contributed by atoms with Gasteiger partial charge < -0.3 is 14.2 Å². The van der Waals surface area contributed by atoms with Gasteiger partial charge in [-0.25, -0.2) is 0 Å². The predicted molar refractivity (Wildman–Crippen MR) is 266 cm³/mol. The number of unbranched alkanes of at least 4 members (excludes halogenated alkanes) is 35. The Kier molecular flexibility index (Phi) is 49.8. The monoisotopic (exact) mass is 873 g/mol. The van der Waals surface area contributed by atoms with Crippen molar-refractivity contribution in [1.29, 1.82) is 0 Å². The highest BCUT2D eigenvalue weighted by atomic mass is 16.6. The summed E-state index contributed by atoms with van der Waals surface area (Å²) in [4.78, 5) is 38.0. The molecular formula is C56H104O6. The molecule has 0 aliphatic heterocycles. The third-order valence-electron chi connectivity index (χ3n) is 12.2. The molecular weight excluding hydrogens is 769 g/mol. The first kappa shape index (κ1) is 59.9. The van der Waals surface area contributed by atoms with Gasteiger partial charge in [0.05, 0.1) is 0 Å². The number of hydrogen-bond donors (Lipinski definition) is 0. The molecule has 1 atom stereocenters. The van der Waals surface area contributed by atoms with Crippen LogP contribution >= 0.6 is 0 Å². The van der Waals surface area contributed by atoms with Gasteiger partial charge in [-0.05, 0) is 64.2 Å². The molecule has 0 spiro atoms. The van der Waals surface area contributed by atoms with Crippen LogP contribution in [0.3, 0.4) is 0 Å². The molecule has 0 bridgehead atoms. The smallest absolute Gasteiger partial charge is 0.306 e. The van der Waals surface area contributed by atoms with Crippen LogP contribution in [0, 0.1) is 0 Å². The Balaban J connectivity index is 4.26. The summed E-state index contributed by atoms with van der Waals surface area (Å²) < 4.78 is 16.8. The average molecular weight is 873 g/mol. The Morgan fingerprint density at radius 3 is 0.871 bits per heavy atom. The Bertz CT molecular complexity index is 1000. The number of rotatable bonds is 50. The number of carbonyl (C=O) groups is 3. The Hall–Kier alpha value is -2.11. The average Bonchev–Trinajstić information content (AvgIpc) is 3.27. The van der Waals surface area contributed by atoms with Gasteiger partial charge in [-0.2, -0.15) is 0 Å². The van der Waals surface area contributed by atoms with E-state index in [4.69, 9.17) is 14.2 Å². The third-order valence-corrected chi connectivity index (χ3v) is 12.2. The largest absolute Gasteiger partial charge is 0.462 e. The first-order valence-electron chi connectivity index (χ1n) is 27.3. The maximum atomic E-state index is 12.8. The van der Waals surface area contributed by atoms with Crippen molar-refractivity contribution < 1.29 is 28.6 Å². The fourth-order valence-electron chi connectivity index (χ4n) is 8.01. The summed E-state index contributed by atoms with van der Waals surface area (Å²) in [5, 5.41) is 0. The molecule has 62 heavy (non-hydrogen) atoms. The Morgan fingerprint density at radius 2 is 0.548 bits per heavy atom. The van der Waals surface area contributed by atoms with E-state index in [1.165, 1.54) is 186 Å². The number of ether oxygens (including phenoxy) is 3. The molecule has 0 aliphatic carbocycles. The van der Waals surface area contributed by atoms with Gasteiger partial charge in [0, 0.05) is 19.3 Å². The number of hydrogen-bond acceptors (Lipinski definition) is 6. The SMILES string of the molecule is CCCC/C=C\CCCCCCCC(=O)OCC(COC(=O)CCCCCCCCCCCCCCCCCCCCCC)OC(=O)CCCCCCC/C=C\CCCCCC. The van der Waals surface area contributed by atoms with Crippen molar-refractivity contribution in [1.82, 2.24) is 0 Å². The van der Waals surface area contributed by atoms with Crippen molar-refractivity contribution in [2.45, 2.75) is 303 Å². The topological polar surface area (TPSA) is 78.9 Å². The first-order valence-corrected chi connectivity index (χ1v) is 27.3. The highest BCUT2D eigenvalue weighted by Crippen LogP contribution is 2.16. The molecule has 0 aliphatic rings. The highest BCUT2D eigenvalue weighted by molar-refractivity contribution is 5.71. The van der Waals surface area contributed by atoms with Crippen LogP contribution in [-0.2, 0) is 28.6 Å². The molecule has 6 heteroatoms. The summed E-state index contributed by atoms with van der Waals surface area (Å²) in [5.41, 5.74) is 0. The van der Waals surface area contributed by atoms with Crippen LogP contribution in [0.5, 0.6) is 0 Å². The summed E-state index contributed by atoms with van der Waals surface area (Å²) in [6.07, 6.45) is 58.8. The van der Waals surface area contributed by atoms with Crippen LogP contribution in [0.1, 0.15) is 297 Å². The van der Waals surface area contributed by atoms with Gasteiger partial charge in [0.1, 0.15) is 13.2 Å². The second-order valence-electron chi connectivity index (χ2n) is 18.5. The zero-order valence-corrected chi connectivity index (χ0v) is 41.7. The van der Waals surface area contributed by atoms with Crippen LogP contribution < -0.4 is 0 Å². The van der Waals surface area contributed by atoms with E-state index in [9.17, 15) is 14.4 Å². The van der Waals surface area contributed by atoms with E-state index < -0.39 is 6.10 Å². The van der Waals surface area contributed by atoms with E-state index in [0.29, 0.717) is 19.3 Å². The maximum absolute atomic E-state index is 12.8. The van der Waals surface area contributed by atoms with E-state index in [2.05, 4.69) is 45.1 Å². The van der Waals surface area contributed by atoms with Gasteiger partial charge in [-0.1, -0.05) is 238 Å². The summed E-state index contributed by atoms with van der Waals surface area (Å²) in [5.74, 6) is -0.878. The van der Waals surface area contributed by atoms with Crippen LogP contribution in [-0.4, -0.2) is 37.2 Å². The number of esters is 3. The summed E-state index contributed by atoms with van der Waals surface area (Å²) in [6, 6.07) is 0. The van der Waals surface area contributed by atoms with Gasteiger partial charge in [0.15, 0.2) is 6.10 Å². The van der Waals surface area contributed by atoms with Crippen LogP contribution in [0.25, 0.3) is 0 Å². The molecule has 0 saturated carbocycles. The van der Waals surface area contributed by atoms with E-state index in [1.54, 1.807) is 0 Å². The minimum Gasteiger partial charge on any atom is -0.462 e. The van der Waals surface area contributed by atoms with Gasteiger partial charge >= 0.3 is 17.9 Å². The highest BCUT2D eigenvalue weighted by Gasteiger charge is 2.19. The Morgan fingerprint density at radius 1 is 0.306 bits per heavy atom. The zero-order valence-electron chi connectivity index (χ0n) is 41.7. The lowest BCUT2D eigenvalue weighted by Gasteiger charge is -2.18. The molecule has 0 aromatic carbocycles. The maximum Gasteiger partial charge on any atom is 0.306 e. The first-order chi connectivity index (χ1) is 30.5. The molecule has 6 nitrogen and oxygen atoms in total. The number of carbonyl (C=O) groups excluding carboxylic acids is 3. The van der Waals surface area contributed by atoms with Crippen molar-refractivity contribution in [3.63, 3.8) is 0 Å². The summed E-state index contributed by atoms with van der Waals surface area (Å²) in [7, 11) is 0. The number of allylic oxidation sites excluding steroid dienone is 4. The Labute approximate surface area is 385 Å². The molecule has 0 saturated heterocycles. The second-order valence-corrected chi connectivity index (χ2v) is 18.5. The van der Waals surface area contributed by atoms with Gasteiger partial charge in [0.25, 0.3) is 0 Å². The fraction of sp³-hybridized carbons (Fsp3) is 0.875. The quantitative estimate of drug-likeness (QED) is 0.0262. The van der Waals surface area contributed by atoms with E-state index >= 15 is 0 Å². The lowest BCUT2D eigenvalue weighted by molar-refractivity contribution is -0.167. The predicted octanol–water partition coefficient (Wildman–Crippen LogP) is 17.9. The second kappa shape index (κ2) is 51.5. The standard InChI is InChI=1S/C56H104O6/c1-4-7-10-13-16-19-22-24-25-26-27-28-29-30-32-34-37-40-43-46-49-55(58)61-52-53(51-60-54(57)48-45-42-39-36-33-21-18-15-12-9-6-3)62-56(59)50-47-44-41-38-35-31-23-20-17-14-11-8-5-2/h15,18,20,23,53H,4-14,16-17,19,21-22,24-52H2,1-3H3/b18-15-,23-20-. The third kappa shape index (κ3) is 48.9. The van der Waals surface area contributed by atoms with E-state index in [1.807, 2.05) is 0 Å². The molecule has 0 heterocycles. The van der Waals surface area contributed by atoms with Crippen molar-refractivity contribution in [2.24, 2.45) is 0 Å². The van der Waals surface area contributed by atoms with Gasteiger partial charge in [-0.3, -0.25) is 14.4 Å². The van der Waals surface area contributed by atoms with E-state index in [-0.39, 0.29) is 31.1 Å². The van der Waals surface area contributed by atoms with Crippen LogP contribution in [0.4, 0.5) is 0 Å². The van der Waals surface area contributed by atoms with Crippen LogP contribution in [0.2, 0.25) is 0 Å². The minimum atomic E-state index is -0.774. The lowest BCUT2D eigenvalue weighted by Crippen LogP contribution is -2.30.